The first kappa shape index (κ1) is 22.3. The summed E-state index contributed by atoms with van der Waals surface area (Å²) in [6, 6.07) is 25.3. The summed E-state index contributed by atoms with van der Waals surface area (Å²) in [5, 5.41) is 0. The molecule has 5 rings (SSSR count). The fourth-order valence-electron chi connectivity index (χ4n) is 4.55. The van der Waals surface area contributed by atoms with Crippen LogP contribution in [0.15, 0.2) is 89.8 Å². The summed E-state index contributed by atoms with van der Waals surface area (Å²) >= 11 is 0. The lowest BCUT2D eigenvalue weighted by Gasteiger charge is -2.15. The second-order valence-corrected chi connectivity index (χ2v) is 10.0. The van der Waals surface area contributed by atoms with Gasteiger partial charge in [0.15, 0.2) is 0 Å². The Bertz CT molecular complexity index is 1460. The molecule has 34 heavy (non-hydrogen) atoms. The van der Waals surface area contributed by atoms with Gasteiger partial charge in [0.05, 0.1) is 4.90 Å². The lowest BCUT2D eigenvalue weighted by Crippen LogP contribution is -2.18. The summed E-state index contributed by atoms with van der Waals surface area (Å²) in [4.78, 5) is -0.0959. The summed E-state index contributed by atoms with van der Waals surface area (Å²) in [7, 11) is -4.35. The molecule has 1 aliphatic heterocycles. The molecule has 4 aromatic rings. The van der Waals surface area contributed by atoms with Crippen molar-refractivity contribution < 1.29 is 22.1 Å². The minimum Gasteiger partial charge on any atom is -0.489 e. The average molecular weight is 475 g/mol. The van der Waals surface area contributed by atoms with Gasteiger partial charge >= 0.3 is 0 Å². The number of rotatable bonds is 5. The van der Waals surface area contributed by atoms with E-state index in [1.165, 1.54) is 18.2 Å². The van der Waals surface area contributed by atoms with Crippen LogP contribution in [0, 0.1) is 12.7 Å². The second-order valence-electron chi connectivity index (χ2n) is 8.62. The molecule has 1 heterocycles. The van der Waals surface area contributed by atoms with Gasteiger partial charge in [-0.3, -0.25) is 4.55 Å². The Hall–Kier alpha value is -3.48. The SMILES string of the molecule is Cc1ccc(S(=O)(=O)O)c(CC2Cc3cc(-c4ccccc4)cc(-c4ccc(F)cc4)c3O2)c1. The van der Waals surface area contributed by atoms with Gasteiger partial charge in [0.1, 0.15) is 17.7 Å². The highest BCUT2D eigenvalue weighted by molar-refractivity contribution is 7.85. The van der Waals surface area contributed by atoms with Gasteiger partial charge in [-0.1, -0.05) is 60.2 Å². The van der Waals surface area contributed by atoms with Crippen molar-refractivity contribution in [1.29, 1.82) is 0 Å². The largest absolute Gasteiger partial charge is 0.489 e. The van der Waals surface area contributed by atoms with E-state index in [9.17, 15) is 17.4 Å². The molecular formula is C28H23FO4S. The van der Waals surface area contributed by atoms with Crippen molar-refractivity contribution in [3.05, 3.63) is 107 Å². The molecule has 1 unspecified atom stereocenters. The van der Waals surface area contributed by atoms with Gasteiger partial charge in [0.25, 0.3) is 10.1 Å². The lowest BCUT2D eigenvalue weighted by atomic mass is 9.93. The third-order valence-electron chi connectivity index (χ3n) is 6.10. The molecule has 1 aliphatic rings. The first-order chi connectivity index (χ1) is 16.3. The Labute approximate surface area is 198 Å². The Morgan fingerprint density at radius 2 is 1.65 bits per heavy atom. The van der Waals surface area contributed by atoms with Crippen LogP contribution in [0.3, 0.4) is 0 Å². The molecule has 172 valence electrons. The fourth-order valence-corrected chi connectivity index (χ4v) is 5.27. The maximum atomic E-state index is 13.6. The maximum absolute atomic E-state index is 13.6. The molecule has 0 radical (unpaired) electrons. The Balaban J connectivity index is 1.56. The van der Waals surface area contributed by atoms with E-state index >= 15 is 0 Å². The highest BCUT2D eigenvalue weighted by Gasteiger charge is 2.29. The molecule has 6 heteroatoms. The highest BCUT2D eigenvalue weighted by atomic mass is 32.2. The number of hydrogen-bond donors (Lipinski definition) is 1. The van der Waals surface area contributed by atoms with E-state index < -0.39 is 10.1 Å². The summed E-state index contributed by atoms with van der Waals surface area (Å²) in [5.74, 6) is 0.410. The minimum atomic E-state index is -4.35. The lowest BCUT2D eigenvalue weighted by molar-refractivity contribution is 0.233. The van der Waals surface area contributed by atoms with Gasteiger partial charge in [0, 0.05) is 18.4 Å². The van der Waals surface area contributed by atoms with E-state index in [4.69, 9.17) is 4.74 Å². The number of halogens is 1. The molecule has 0 amide bonds. The van der Waals surface area contributed by atoms with Crippen molar-refractivity contribution in [2.45, 2.75) is 30.8 Å². The molecular weight excluding hydrogens is 451 g/mol. The zero-order valence-corrected chi connectivity index (χ0v) is 19.3. The van der Waals surface area contributed by atoms with Crippen molar-refractivity contribution in [2.24, 2.45) is 0 Å². The van der Waals surface area contributed by atoms with Crippen LogP contribution in [0.25, 0.3) is 22.3 Å². The predicted octanol–water partition coefficient (Wildman–Crippen LogP) is 6.26. The first-order valence-electron chi connectivity index (χ1n) is 11.0. The smallest absolute Gasteiger partial charge is 0.294 e. The van der Waals surface area contributed by atoms with Gasteiger partial charge in [-0.15, -0.1) is 0 Å². The zero-order valence-electron chi connectivity index (χ0n) is 18.5. The summed E-state index contributed by atoms with van der Waals surface area (Å²) in [5.41, 5.74) is 6.21. The van der Waals surface area contributed by atoms with E-state index in [0.717, 1.165) is 39.1 Å². The van der Waals surface area contributed by atoms with Crippen molar-refractivity contribution in [2.75, 3.05) is 0 Å². The topological polar surface area (TPSA) is 63.6 Å². The van der Waals surface area contributed by atoms with Crippen LogP contribution >= 0.6 is 0 Å². The van der Waals surface area contributed by atoms with Crippen molar-refractivity contribution in [3.8, 4) is 28.0 Å². The van der Waals surface area contributed by atoms with Gasteiger partial charge in [-0.05, 0) is 65.1 Å². The van der Waals surface area contributed by atoms with Gasteiger partial charge in [0.2, 0.25) is 0 Å². The predicted molar refractivity (Wildman–Crippen MR) is 130 cm³/mol. The average Bonchev–Trinajstić information content (AvgIpc) is 3.21. The van der Waals surface area contributed by atoms with Crippen LogP contribution in [-0.2, 0) is 23.0 Å². The third-order valence-corrected chi connectivity index (χ3v) is 7.06. The van der Waals surface area contributed by atoms with E-state index in [2.05, 4.69) is 6.07 Å². The number of aryl methyl sites for hydroxylation is 1. The molecule has 4 aromatic carbocycles. The molecule has 4 nitrogen and oxygen atoms in total. The van der Waals surface area contributed by atoms with Gasteiger partial charge in [-0.2, -0.15) is 8.42 Å². The molecule has 1 atom stereocenters. The molecule has 0 fully saturated rings. The Morgan fingerprint density at radius 1 is 0.912 bits per heavy atom. The van der Waals surface area contributed by atoms with Crippen LogP contribution in [0.2, 0.25) is 0 Å². The van der Waals surface area contributed by atoms with Crippen LogP contribution in [0.5, 0.6) is 5.75 Å². The van der Waals surface area contributed by atoms with E-state index in [-0.39, 0.29) is 16.8 Å². The summed E-state index contributed by atoms with van der Waals surface area (Å²) in [6.07, 6.45) is 0.612. The van der Waals surface area contributed by atoms with Crippen molar-refractivity contribution in [1.82, 2.24) is 0 Å². The molecule has 0 saturated carbocycles. The van der Waals surface area contributed by atoms with Crippen LogP contribution in [0.1, 0.15) is 16.7 Å². The Morgan fingerprint density at radius 3 is 2.35 bits per heavy atom. The highest BCUT2D eigenvalue weighted by Crippen LogP contribution is 2.43. The number of benzene rings is 4. The van der Waals surface area contributed by atoms with E-state index in [1.807, 2.05) is 43.3 Å². The second kappa shape index (κ2) is 8.70. The third kappa shape index (κ3) is 4.47. The van der Waals surface area contributed by atoms with Gasteiger partial charge in [-0.25, -0.2) is 4.39 Å². The normalized spacial score (nSPS) is 15.1. The van der Waals surface area contributed by atoms with Crippen LogP contribution in [-0.4, -0.2) is 19.1 Å². The molecule has 0 aromatic heterocycles. The van der Waals surface area contributed by atoms with Crippen molar-refractivity contribution >= 4 is 10.1 Å². The summed E-state index contributed by atoms with van der Waals surface area (Å²) < 4.78 is 53.5. The molecule has 0 spiro atoms. The van der Waals surface area contributed by atoms with E-state index in [1.54, 1.807) is 24.3 Å². The maximum Gasteiger partial charge on any atom is 0.294 e. The van der Waals surface area contributed by atoms with Crippen molar-refractivity contribution in [3.63, 3.8) is 0 Å². The Kier molecular flexibility index (Phi) is 5.71. The number of hydrogen-bond acceptors (Lipinski definition) is 3. The molecule has 0 saturated heterocycles. The van der Waals surface area contributed by atoms with Crippen LogP contribution < -0.4 is 4.74 Å². The van der Waals surface area contributed by atoms with Crippen LogP contribution in [0.4, 0.5) is 4.39 Å². The standard InChI is InChI=1S/C28H23FO4S/c1-18-7-12-27(34(30,31)32)22(13-18)15-25-16-23-14-21(19-5-3-2-4-6-19)17-26(28(23)33-25)20-8-10-24(29)11-9-20/h2-14,17,25H,15-16H2,1H3,(H,30,31,32). The molecule has 0 aliphatic carbocycles. The number of ether oxygens (including phenoxy) is 1. The summed E-state index contributed by atoms with van der Waals surface area (Å²) in [6.45, 7) is 1.88. The van der Waals surface area contributed by atoms with Gasteiger partial charge < -0.3 is 4.74 Å². The minimum absolute atomic E-state index is 0.0959. The van der Waals surface area contributed by atoms with E-state index in [0.29, 0.717) is 18.4 Å². The molecule has 0 bridgehead atoms. The molecule has 1 N–H and O–H groups in total. The zero-order chi connectivity index (χ0) is 23.9. The number of fused-ring (bicyclic) bond motifs is 1. The fraction of sp³-hybridized carbons (Fsp3) is 0.143. The quantitative estimate of drug-likeness (QED) is 0.347. The first-order valence-corrected chi connectivity index (χ1v) is 12.4. The monoisotopic (exact) mass is 474 g/mol.